The number of hydrogen-bond donors (Lipinski definition) is 2. The van der Waals surface area contributed by atoms with Crippen LogP contribution in [0.2, 0.25) is 0 Å². The Morgan fingerprint density at radius 2 is 2.00 bits per heavy atom. The standard InChI is InChI=1S/C10H19NO3S/c1-7(2)4-5-9(12)11-8(6-15-3)10(13)14/h7-8H,4-6H2,1-3H3,(H,11,12)(H,13,14). The number of rotatable bonds is 7. The third-order valence-corrected chi connectivity index (χ3v) is 2.58. The Labute approximate surface area is 94.8 Å². The van der Waals surface area contributed by atoms with E-state index in [-0.39, 0.29) is 5.91 Å². The number of carbonyl (C=O) groups excluding carboxylic acids is 1. The maximum absolute atomic E-state index is 11.4. The molecule has 1 unspecified atom stereocenters. The maximum Gasteiger partial charge on any atom is 0.327 e. The highest BCUT2D eigenvalue weighted by Crippen LogP contribution is 2.04. The molecule has 4 nitrogen and oxygen atoms in total. The van der Waals surface area contributed by atoms with Gasteiger partial charge < -0.3 is 10.4 Å². The molecule has 1 atom stereocenters. The van der Waals surface area contributed by atoms with E-state index < -0.39 is 12.0 Å². The predicted octanol–water partition coefficient (Wildman–Crippen LogP) is 1.35. The van der Waals surface area contributed by atoms with Gasteiger partial charge in [-0.25, -0.2) is 4.79 Å². The quantitative estimate of drug-likeness (QED) is 0.696. The number of carboxylic acid groups (broad SMARTS) is 1. The molecule has 88 valence electrons. The van der Waals surface area contributed by atoms with Crippen LogP contribution in [-0.2, 0) is 9.59 Å². The summed E-state index contributed by atoms with van der Waals surface area (Å²) in [6.07, 6.45) is 3.00. The topological polar surface area (TPSA) is 66.4 Å². The molecule has 0 aliphatic carbocycles. The molecule has 0 aromatic carbocycles. The van der Waals surface area contributed by atoms with Gasteiger partial charge in [0.25, 0.3) is 0 Å². The zero-order valence-electron chi connectivity index (χ0n) is 9.45. The van der Waals surface area contributed by atoms with Crippen LogP contribution in [0, 0.1) is 5.92 Å². The van der Waals surface area contributed by atoms with Gasteiger partial charge in [-0.15, -0.1) is 0 Å². The average Bonchev–Trinajstić information content (AvgIpc) is 2.14. The van der Waals surface area contributed by atoms with Gasteiger partial charge >= 0.3 is 5.97 Å². The number of carboxylic acids is 1. The molecule has 0 aliphatic heterocycles. The fourth-order valence-electron chi connectivity index (χ4n) is 1.03. The van der Waals surface area contributed by atoms with Gasteiger partial charge in [0.15, 0.2) is 0 Å². The first-order chi connectivity index (χ1) is 6.97. The Bertz CT molecular complexity index is 219. The molecule has 0 saturated heterocycles. The number of hydrogen-bond acceptors (Lipinski definition) is 3. The van der Waals surface area contributed by atoms with Gasteiger partial charge in [0.05, 0.1) is 0 Å². The van der Waals surface area contributed by atoms with Crippen molar-refractivity contribution in [3.05, 3.63) is 0 Å². The number of amides is 1. The molecule has 2 N–H and O–H groups in total. The van der Waals surface area contributed by atoms with Crippen molar-refractivity contribution in [2.24, 2.45) is 5.92 Å². The van der Waals surface area contributed by atoms with Gasteiger partial charge in [0.1, 0.15) is 6.04 Å². The minimum absolute atomic E-state index is 0.176. The molecule has 5 heteroatoms. The number of nitrogens with one attached hydrogen (secondary N) is 1. The van der Waals surface area contributed by atoms with Crippen molar-refractivity contribution in [3.8, 4) is 0 Å². The van der Waals surface area contributed by atoms with E-state index in [1.807, 2.05) is 20.1 Å². The summed E-state index contributed by atoms with van der Waals surface area (Å²) in [4.78, 5) is 22.1. The Hall–Kier alpha value is -0.710. The Morgan fingerprint density at radius 3 is 2.40 bits per heavy atom. The second kappa shape index (κ2) is 7.56. The molecule has 0 rings (SSSR count). The van der Waals surface area contributed by atoms with Crippen LogP contribution in [-0.4, -0.2) is 35.0 Å². The number of carbonyl (C=O) groups is 2. The van der Waals surface area contributed by atoms with Gasteiger partial charge in [-0.05, 0) is 18.6 Å². The molecule has 0 fully saturated rings. The van der Waals surface area contributed by atoms with E-state index in [0.29, 0.717) is 18.1 Å². The average molecular weight is 233 g/mol. The van der Waals surface area contributed by atoms with E-state index in [2.05, 4.69) is 5.32 Å². The van der Waals surface area contributed by atoms with Crippen LogP contribution < -0.4 is 5.32 Å². The highest BCUT2D eigenvalue weighted by Gasteiger charge is 2.18. The summed E-state index contributed by atoms with van der Waals surface area (Å²) in [7, 11) is 0. The molecule has 0 aromatic heterocycles. The molecule has 0 bridgehead atoms. The van der Waals surface area contributed by atoms with E-state index in [0.717, 1.165) is 6.42 Å². The second-order valence-electron chi connectivity index (χ2n) is 3.85. The van der Waals surface area contributed by atoms with Crippen LogP contribution in [0.3, 0.4) is 0 Å². The second-order valence-corrected chi connectivity index (χ2v) is 4.76. The van der Waals surface area contributed by atoms with Crippen molar-refractivity contribution in [1.29, 1.82) is 0 Å². The SMILES string of the molecule is CSCC(NC(=O)CCC(C)C)C(=O)O. The molecule has 0 radical (unpaired) electrons. The first-order valence-corrected chi connectivity index (χ1v) is 6.37. The smallest absolute Gasteiger partial charge is 0.327 e. The van der Waals surface area contributed by atoms with Gasteiger partial charge in [-0.3, -0.25) is 4.79 Å². The highest BCUT2D eigenvalue weighted by atomic mass is 32.2. The molecule has 0 heterocycles. The van der Waals surface area contributed by atoms with Crippen LogP contribution in [0.4, 0.5) is 0 Å². The summed E-state index contributed by atoms with van der Waals surface area (Å²) in [6, 6.07) is -0.764. The zero-order valence-corrected chi connectivity index (χ0v) is 10.3. The summed E-state index contributed by atoms with van der Waals surface area (Å²) in [5.74, 6) is -0.282. The molecule has 1 amide bonds. The van der Waals surface area contributed by atoms with Crippen molar-refractivity contribution < 1.29 is 14.7 Å². The van der Waals surface area contributed by atoms with Gasteiger partial charge in [0, 0.05) is 12.2 Å². The van der Waals surface area contributed by atoms with Gasteiger partial charge in [-0.2, -0.15) is 11.8 Å². The lowest BCUT2D eigenvalue weighted by Gasteiger charge is -2.13. The first-order valence-electron chi connectivity index (χ1n) is 4.98. The number of aliphatic carboxylic acids is 1. The number of thioether (sulfide) groups is 1. The van der Waals surface area contributed by atoms with E-state index in [9.17, 15) is 9.59 Å². The Kier molecular flexibility index (Phi) is 7.21. The van der Waals surface area contributed by atoms with Crippen LogP contribution in [0.5, 0.6) is 0 Å². The van der Waals surface area contributed by atoms with Crippen molar-refractivity contribution >= 4 is 23.6 Å². The maximum atomic E-state index is 11.4. The van der Waals surface area contributed by atoms with Crippen molar-refractivity contribution in [2.75, 3.05) is 12.0 Å². The Morgan fingerprint density at radius 1 is 1.40 bits per heavy atom. The fraction of sp³-hybridized carbons (Fsp3) is 0.800. The summed E-state index contributed by atoms with van der Waals surface area (Å²) in [6.45, 7) is 4.06. The molecule has 0 aromatic rings. The van der Waals surface area contributed by atoms with E-state index in [1.165, 1.54) is 11.8 Å². The van der Waals surface area contributed by atoms with Crippen molar-refractivity contribution in [1.82, 2.24) is 5.32 Å². The summed E-state index contributed by atoms with van der Waals surface area (Å²) >= 11 is 1.41. The van der Waals surface area contributed by atoms with Gasteiger partial charge in [-0.1, -0.05) is 13.8 Å². The Balaban J connectivity index is 3.94. The molecular weight excluding hydrogens is 214 g/mol. The summed E-state index contributed by atoms with van der Waals surface area (Å²) < 4.78 is 0. The third-order valence-electron chi connectivity index (χ3n) is 1.92. The zero-order chi connectivity index (χ0) is 11.8. The van der Waals surface area contributed by atoms with Crippen LogP contribution in [0.1, 0.15) is 26.7 Å². The van der Waals surface area contributed by atoms with Crippen molar-refractivity contribution in [2.45, 2.75) is 32.7 Å². The summed E-state index contributed by atoms with van der Waals surface area (Å²) in [5, 5.41) is 11.3. The highest BCUT2D eigenvalue weighted by molar-refractivity contribution is 7.98. The van der Waals surface area contributed by atoms with Crippen LogP contribution in [0.15, 0.2) is 0 Å². The molecule has 0 aliphatic rings. The normalized spacial score (nSPS) is 12.5. The lowest BCUT2D eigenvalue weighted by molar-refractivity contribution is -0.141. The van der Waals surface area contributed by atoms with Crippen LogP contribution in [0.25, 0.3) is 0 Å². The molecule has 0 spiro atoms. The largest absolute Gasteiger partial charge is 0.480 e. The van der Waals surface area contributed by atoms with E-state index in [4.69, 9.17) is 5.11 Å². The molecule has 15 heavy (non-hydrogen) atoms. The van der Waals surface area contributed by atoms with Crippen molar-refractivity contribution in [3.63, 3.8) is 0 Å². The minimum Gasteiger partial charge on any atom is -0.480 e. The van der Waals surface area contributed by atoms with E-state index in [1.54, 1.807) is 0 Å². The van der Waals surface area contributed by atoms with Crippen LogP contribution >= 0.6 is 11.8 Å². The minimum atomic E-state index is -0.970. The summed E-state index contributed by atoms with van der Waals surface area (Å²) in [5.41, 5.74) is 0. The predicted molar refractivity (Wildman–Crippen MR) is 62.0 cm³/mol. The molecular formula is C10H19NO3S. The first kappa shape index (κ1) is 14.3. The molecule has 0 saturated carbocycles. The third kappa shape index (κ3) is 7.25. The van der Waals surface area contributed by atoms with E-state index >= 15 is 0 Å². The van der Waals surface area contributed by atoms with Gasteiger partial charge in [0.2, 0.25) is 5.91 Å². The lowest BCUT2D eigenvalue weighted by Crippen LogP contribution is -2.42. The lowest BCUT2D eigenvalue weighted by atomic mass is 10.1. The fourth-order valence-corrected chi connectivity index (χ4v) is 1.59. The monoisotopic (exact) mass is 233 g/mol.